The molecule has 0 spiro atoms. The van der Waals surface area contributed by atoms with Crippen molar-refractivity contribution < 1.29 is 9.90 Å². The average molecular weight is 286 g/mol. The van der Waals surface area contributed by atoms with E-state index >= 15 is 0 Å². The van der Waals surface area contributed by atoms with E-state index in [0.717, 1.165) is 18.5 Å². The van der Waals surface area contributed by atoms with Crippen molar-refractivity contribution in [2.24, 2.45) is 0 Å². The molecule has 1 aromatic carbocycles. The maximum atomic E-state index is 12.1. The van der Waals surface area contributed by atoms with Gasteiger partial charge >= 0.3 is 6.03 Å². The van der Waals surface area contributed by atoms with Crippen LogP contribution in [0.1, 0.15) is 12.8 Å². The molecular weight excluding hydrogens is 268 g/mol. The highest BCUT2D eigenvalue weighted by molar-refractivity contribution is 5.89. The molecule has 21 heavy (non-hydrogen) atoms. The highest BCUT2D eigenvalue weighted by Gasteiger charge is 2.22. The fourth-order valence-electron chi connectivity index (χ4n) is 2.45. The maximum Gasteiger partial charge on any atom is 0.322 e. The van der Waals surface area contributed by atoms with Crippen molar-refractivity contribution >= 4 is 11.7 Å². The quantitative estimate of drug-likeness (QED) is 0.885. The summed E-state index contributed by atoms with van der Waals surface area (Å²) in [7, 11) is 0. The number of aliphatic hydroxyl groups is 1. The standard InChI is InChI=1S/C15H18N4O2/c20-14-7-4-8-18(11-14)15(21)17-12-9-16-19(10-12)13-5-2-1-3-6-13/h1-3,5-6,9-10,14,20H,4,7-8,11H2,(H,17,21). The number of para-hydroxylation sites is 1. The summed E-state index contributed by atoms with van der Waals surface area (Å²) in [4.78, 5) is 13.8. The Bertz CT molecular complexity index is 611. The molecule has 1 atom stereocenters. The number of aliphatic hydroxyl groups excluding tert-OH is 1. The summed E-state index contributed by atoms with van der Waals surface area (Å²) in [5.41, 5.74) is 1.58. The summed E-state index contributed by atoms with van der Waals surface area (Å²) in [5, 5.41) is 16.7. The molecule has 0 bridgehead atoms. The van der Waals surface area contributed by atoms with Crippen LogP contribution < -0.4 is 5.32 Å². The Morgan fingerprint density at radius 2 is 2.14 bits per heavy atom. The smallest absolute Gasteiger partial charge is 0.322 e. The van der Waals surface area contributed by atoms with Gasteiger partial charge in [0.2, 0.25) is 0 Å². The summed E-state index contributed by atoms with van der Waals surface area (Å²) in [5.74, 6) is 0. The second-order valence-corrected chi connectivity index (χ2v) is 5.18. The van der Waals surface area contributed by atoms with Crippen LogP contribution in [0.15, 0.2) is 42.7 Å². The number of carbonyl (C=O) groups is 1. The number of rotatable bonds is 2. The number of β-amino-alcohol motifs (C(OH)–C–C–N with tert-alkyl or cyclic N) is 1. The largest absolute Gasteiger partial charge is 0.391 e. The first kappa shape index (κ1) is 13.6. The number of amides is 2. The van der Waals surface area contributed by atoms with Crippen LogP contribution in [0.4, 0.5) is 10.5 Å². The predicted molar refractivity (Wildman–Crippen MR) is 79.4 cm³/mol. The lowest BCUT2D eigenvalue weighted by Gasteiger charge is -2.29. The molecule has 2 heterocycles. The fraction of sp³-hybridized carbons (Fsp3) is 0.333. The Hall–Kier alpha value is -2.34. The van der Waals surface area contributed by atoms with Crippen LogP contribution in [0.2, 0.25) is 0 Å². The molecular formula is C15H18N4O2. The molecule has 3 rings (SSSR count). The summed E-state index contributed by atoms with van der Waals surface area (Å²) in [6.45, 7) is 1.06. The minimum Gasteiger partial charge on any atom is -0.391 e. The molecule has 0 aliphatic carbocycles. The predicted octanol–water partition coefficient (Wildman–Crippen LogP) is 1.86. The number of likely N-dealkylation sites (tertiary alicyclic amines) is 1. The molecule has 0 radical (unpaired) electrons. The lowest BCUT2D eigenvalue weighted by atomic mass is 10.1. The zero-order valence-corrected chi connectivity index (χ0v) is 11.6. The number of urea groups is 1. The number of anilines is 1. The van der Waals surface area contributed by atoms with E-state index in [9.17, 15) is 9.90 Å². The van der Waals surface area contributed by atoms with E-state index in [1.807, 2.05) is 30.3 Å². The molecule has 6 heteroatoms. The molecule has 2 aromatic rings. The molecule has 2 amide bonds. The van der Waals surface area contributed by atoms with Crippen molar-refractivity contribution in [1.82, 2.24) is 14.7 Å². The number of carbonyl (C=O) groups excluding carboxylic acids is 1. The monoisotopic (exact) mass is 286 g/mol. The van der Waals surface area contributed by atoms with Gasteiger partial charge in [-0.3, -0.25) is 0 Å². The number of piperidine rings is 1. The van der Waals surface area contributed by atoms with E-state index in [1.165, 1.54) is 0 Å². The molecule has 2 N–H and O–H groups in total. The Labute approximate surface area is 123 Å². The van der Waals surface area contributed by atoms with Crippen LogP contribution in [0.3, 0.4) is 0 Å². The van der Waals surface area contributed by atoms with Gasteiger partial charge in [0.05, 0.1) is 29.9 Å². The third-order valence-corrected chi connectivity index (χ3v) is 3.54. The van der Waals surface area contributed by atoms with Gasteiger partial charge in [0.25, 0.3) is 0 Å². The number of benzene rings is 1. The first-order valence-electron chi connectivity index (χ1n) is 7.06. The minimum atomic E-state index is -0.420. The second kappa shape index (κ2) is 5.97. The van der Waals surface area contributed by atoms with Gasteiger partial charge in [0, 0.05) is 13.1 Å². The van der Waals surface area contributed by atoms with Crippen molar-refractivity contribution in [3.8, 4) is 5.69 Å². The SMILES string of the molecule is O=C(Nc1cnn(-c2ccccc2)c1)N1CCCC(O)C1. The Morgan fingerprint density at radius 1 is 1.33 bits per heavy atom. The van der Waals surface area contributed by atoms with Crippen LogP contribution in [0.25, 0.3) is 5.69 Å². The van der Waals surface area contributed by atoms with Gasteiger partial charge in [-0.05, 0) is 25.0 Å². The molecule has 110 valence electrons. The van der Waals surface area contributed by atoms with Crippen molar-refractivity contribution in [2.75, 3.05) is 18.4 Å². The second-order valence-electron chi connectivity index (χ2n) is 5.18. The molecule has 6 nitrogen and oxygen atoms in total. The van der Waals surface area contributed by atoms with E-state index in [2.05, 4.69) is 10.4 Å². The van der Waals surface area contributed by atoms with Gasteiger partial charge in [0.15, 0.2) is 0 Å². The van der Waals surface area contributed by atoms with Gasteiger partial charge < -0.3 is 15.3 Å². The molecule has 1 saturated heterocycles. The Balaban J connectivity index is 1.66. The normalized spacial score (nSPS) is 18.5. The zero-order valence-electron chi connectivity index (χ0n) is 11.6. The molecule has 1 aliphatic heterocycles. The fourth-order valence-corrected chi connectivity index (χ4v) is 2.45. The third-order valence-electron chi connectivity index (χ3n) is 3.54. The van der Waals surface area contributed by atoms with Crippen molar-refractivity contribution in [3.63, 3.8) is 0 Å². The highest BCUT2D eigenvalue weighted by Crippen LogP contribution is 2.14. The third kappa shape index (κ3) is 3.22. The van der Waals surface area contributed by atoms with Crippen molar-refractivity contribution in [3.05, 3.63) is 42.7 Å². The van der Waals surface area contributed by atoms with Crippen molar-refractivity contribution in [2.45, 2.75) is 18.9 Å². The molecule has 1 aliphatic rings. The van der Waals surface area contributed by atoms with Gasteiger partial charge in [-0.1, -0.05) is 18.2 Å². The number of hydrogen-bond donors (Lipinski definition) is 2. The average Bonchev–Trinajstić information content (AvgIpc) is 2.97. The van der Waals surface area contributed by atoms with Crippen LogP contribution in [-0.2, 0) is 0 Å². The van der Waals surface area contributed by atoms with E-state index in [-0.39, 0.29) is 6.03 Å². The summed E-state index contributed by atoms with van der Waals surface area (Å²) >= 11 is 0. The van der Waals surface area contributed by atoms with Crippen molar-refractivity contribution in [1.29, 1.82) is 0 Å². The minimum absolute atomic E-state index is 0.193. The van der Waals surface area contributed by atoms with Crippen LogP contribution in [0, 0.1) is 0 Å². The first-order chi connectivity index (χ1) is 10.2. The Kier molecular flexibility index (Phi) is 3.87. The van der Waals surface area contributed by atoms with Gasteiger partial charge in [-0.25, -0.2) is 9.48 Å². The molecule has 1 fully saturated rings. The number of nitrogens with one attached hydrogen (secondary N) is 1. The summed E-state index contributed by atoms with van der Waals surface area (Å²) in [6.07, 6.45) is 4.56. The van der Waals surface area contributed by atoms with Crippen LogP contribution >= 0.6 is 0 Å². The maximum absolute atomic E-state index is 12.1. The highest BCUT2D eigenvalue weighted by atomic mass is 16.3. The summed E-state index contributed by atoms with van der Waals surface area (Å²) in [6, 6.07) is 9.51. The van der Waals surface area contributed by atoms with Gasteiger partial charge in [0.1, 0.15) is 0 Å². The van der Waals surface area contributed by atoms with Gasteiger partial charge in [-0.15, -0.1) is 0 Å². The van der Waals surface area contributed by atoms with E-state index in [4.69, 9.17) is 0 Å². The van der Waals surface area contributed by atoms with Crippen LogP contribution in [-0.4, -0.2) is 45.0 Å². The lowest BCUT2D eigenvalue weighted by molar-refractivity contribution is 0.0883. The number of hydrogen-bond acceptors (Lipinski definition) is 3. The lowest BCUT2D eigenvalue weighted by Crippen LogP contribution is -2.44. The molecule has 1 aromatic heterocycles. The van der Waals surface area contributed by atoms with Crippen LogP contribution in [0.5, 0.6) is 0 Å². The number of aromatic nitrogens is 2. The number of nitrogens with zero attached hydrogens (tertiary/aromatic N) is 3. The Morgan fingerprint density at radius 3 is 2.90 bits per heavy atom. The molecule has 0 saturated carbocycles. The van der Waals surface area contributed by atoms with E-state index in [0.29, 0.717) is 18.8 Å². The van der Waals surface area contributed by atoms with Gasteiger partial charge in [-0.2, -0.15) is 5.10 Å². The van der Waals surface area contributed by atoms with E-state index in [1.54, 1.807) is 22.0 Å². The topological polar surface area (TPSA) is 70.4 Å². The summed E-state index contributed by atoms with van der Waals surface area (Å²) < 4.78 is 1.71. The zero-order chi connectivity index (χ0) is 14.7. The van der Waals surface area contributed by atoms with E-state index < -0.39 is 6.10 Å². The first-order valence-corrected chi connectivity index (χ1v) is 7.06. The molecule has 1 unspecified atom stereocenters.